The molecule has 0 aliphatic rings. The Morgan fingerprint density at radius 3 is 2.66 bits per heavy atom. The lowest BCUT2D eigenvalue weighted by Gasteiger charge is -2.09. The van der Waals surface area contributed by atoms with Gasteiger partial charge in [0.2, 0.25) is 0 Å². The normalized spacial score (nSPS) is 10.7. The molecule has 0 saturated carbocycles. The third kappa shape index (κ3) is 5.32. The number of benzene rings is 2. The molecule has 0 amide bonds. The van der Waals surface area contributed by atoms with Crippen LogP contribution in [0, 0.1) is 19.7 Å². The Morgan fingerprint density at radius 2 is 1.97 bits per heavy atom. The summed E-state index contributed by atoms with van der Waals surface area (Å²) in [5.74, 6) is 1.14. The smallest absolute Gasteiger partial charge is 0.192 e. The highest BCUT2D eigenvalue weighted by atomic mass is 32.2. The Morgan fingerprint density at radius 1 is 1.21 bits per heavy atom. The molecule has 3 rings (SSSR count). The average molecular weight is 412 g/mol. The van der Waals surface area contributed by atoms with E-state index in [4.69, 9.17) is 4.74 Å². The van der Waals surface area contributed by atoms with Crippen molar-refractivity contribution in [2.75, 3.05) is 5.75 Å². The summed E-state index contributed by atoms with van der Waals surface area (Å²) in [4.78, 5) is 12.6. The molecule has 1 aromatic heterocycles. The number of aromatic nitrogens is 3. The van der Waals surface area contributed by atoms with E-state index < -0.39 is 0 Å². The van der Waals surface area contributed by atoms with Gasteiger partial charge in [-0.2, -0.15) is 0 Å². The van der Waals surface area contributed by atoms with E-state index in [-0.39, 0.29) is 24.0 Å². The van der Waals surface area contributed by atoms with Gasteiger partial charge in [0.25, 0.3) is 0 Å². The predicted octanol–water partition coefficient (Wildman–Crippen LogP) is 4.77. The number of Topliss-reactive ketones (excluding diaryl/α,β-unsaturated/α-hetero) is 1. The van der Waals surface area contributed by atoms with Crippen LogP contribution in [0.25, 0.3) is 0 Å². The van der Waals surface area contributed by atoms with Crippen LogP contribution < -0.4 is 4.74 Å². The first-order valence-electron chi connectivity index (χ1n) is 9.12. The SMILES string of the molecule is C=CCn1c(COc2ccc(F)cc2)nnc1SCC(=O)c1ccc(C)cc1C. The first-order valence-corrected chi connectivity index (χ1v) is 10.1. The monoisotopic (exact) mass is 411 g/mol. The van der Waals surface area contributed by atoms with Crippen molar-refractivity contribution in [3.63, 3.8) is 0 Å². The summed E-state index contributed by atoms with van der Waals surface area (Å²) in [6.07, 6.45) is 1.74. The maximum atomic E-state index is 13.0. The van der Waals surface area contributed by atoms with Crippen LogP contribution in [0.1, 0.15) is 27.3 Å². The summed E-state index contributed by atoms with van der Waals surface area (Å²) < 4.78 is 20.5. The zero-order valence-corrected chi connectivity index (χ0v) is 17.2. The largest absolute Gasteiger partial charge is 0.486 e. The topological polar surface area (TPSA) is 57.0 Å². The van der Waals surface area contributed by atoms with Gasteiger partial charge in [-0.15, -0.1) is 16.8 Å². The van der Waals surface area contributed by atoms with Crippen LogP contribution in [-0.2, 0) is 13.2 Å². The maximum Gasteiger partial charge on any atom is 0.192 e. The van der Waals surface area contributed by atoms with Gasteiger partial charge in [-0.1, -0.05) is 41.6 Å². The number of hydrogen-bond donors (Lipinski definition) is 0. The summed E-state index contributed by atoms with van der Waals surface area (Å²) in [6, 6.07) is 11.6. The number of hydrogen-bond acceptors (Lipinski definition) is 5. The quantitative estimate of drug-likeness (QED) is 0.288. The first kappa shape index (κ1) is 20.8. The van der Waals surface area contributed by atoms with Crippen LogP contribution in [0.4, 0.5) is 4.39 Å². The molecule has 0 unspecified atom stereocenters. The molecule has 29 heavy (non-hydrogen) atoms. The Bertz CT molecular complexity index is 1020. The maximum absolute atomic E-state index is 13.0. The van der Waals surface area contributed by atoms with E-state index in [1.165, 1.54) is 23.9 Å². The van der Waals surface area contributed by atoms with Crippen molar-refractivity contribution < 1.29 is 13.9 Å². The molecule has 0 fully saturated rings. The van der Waals surface area contributed by atoms with Gasteiger partial charge in [-0.25, -0.2) is 4.39 Å². The van der Waals surface area contributed by atoms with Crippen molar-refractivity contribution in [2.45, 2.75) is 32.2 Å². The van der Waals surface area contributed by atoms with Gasteiger partial charge in [-0.3, -0.25) is 9.36 Å². The second-order valence-electron chi connectivity index (χ2n) is 6.57. The molecule has 3 aromatic rings. The van der Waals surface area contributed by atoms with Gasteiger partial charge in [-0.05, 0) is 43.7 Å². The van der Waals surface area contributed by atoms with Crippen LogP contribution in [0.5, 0.6) is 5.75 Å². The molecule has 0 saturated heterocycles. The highest BCUT2D eigenvalue weighted by Crippen LogP contribution is 2.21. The number of aryl methyl sites for hydroxylation is 2. The van der Waals surface area contributed by atoms with Crippen LogP contribution in [-0.4, -0.2) is 26.3 Å². The fourth-order valence-electron chi connectivity index (χ4n) is 2.86. The molecule has 0 atom stereocenters. The number of halogens is 1. The van der Waals surface area contributed by atoms with E-state index in [2.05, 4.69) is 16.8 Å². The number of thioether (sulfide) groups is 1. The Balaban J connectivity index is 1.68. The lowest BCUT2D eigenvalue weighted by atomic mass is 10.0. The van der Waals surface area contributed by atoms with Crippen molar-refractivity contribution in [3.8, 4) is 5.75 Å². The molecule has 0 radical (unpaired) electrons. The first-order chi connectivity index (χ1) is 14.0. The standard InChI is InChI=1S/C22H22FN3O2S/c1-4-11-26-21(13-28-18-8-6-17(23)7-9-18)24-25-22(26)29-14-20(27)19-10-5-15(2)12-16(19)3/h4-10,12H,1,11,13-14H2,2-3H3. The Hall–Kier alpha value is -2.93. The van der Waals surface area contributed by atoms with Gasteiger partial charge in [0.05, 0.1) is 5.75 Å². The minimum absolute atomic E-state index is 0.0461. The highest BCUT2D eigenvalue weighted by molar-refractivity contribution is 7.99. The molecule has 150 valence electrons. The van der Waals surface area contributed by atoms with Crippen molar-refractivity contribution in [3.05, 3.63) is 83.5 Å². The van der Waals surface area contributed by atoms with Crippen LogP contribution in [0.3, 0.4) is 0 Å². The summed E-state index contributed by atoms with van der Waals surface area (Å²) in [7, 11) is 0. The summed E-state index contributed by atoms with van der Waals surface area (Å²) >= 11 is 1.33. The van der Waals surface area contributed by atoms with E-state index in [9.17, 15) is 9.18 Å². The number of nitrogens with zero attached hydrogens (tertiary/aromatic N) is 3. The molecule has 0 aliphatic heterocycles. The van der Waals surface area contributed by atoms with E-state index in [1.807, 2.05) is 36.6 Å². The number of carbonyl (C=O) groups excluding carboxylic acids is 1. The average Bonchev–Trinajstić information content (AvgIpc) is 3.08. The van der Waals surface area contributed by atoms with Crippen LogP contribution in [0.2, 0.25) is 0 Å². The number of ketones is 1. The van der Waals surface area contributed by atoms with Gasteiger partial charge >= 0.3 is 0 Å². The Kier molecular flexibility index (Phi) is 6.82. The molecular weight excluding hydrogens is 389 g/mol. The van der Waals surface area contributed by atoms with Gasteiger partial charge < -0.3 is 4.74 Å². The van der Waals surface area contributed by atoms with E-state index in [0.29, 0.717) is 23.3 Å². The lowest BCUT2D eigenvalue weighted by molar-refractivity contribution is 0.102. The lowest BCUT2D eigenvalue weighted by Crippen LogP contribution is -2.09. The molecule has 5 nitrogen and oxygen atoms in total. The van der Waals surface area contributed by atoms with Gasteiger partial charge in [0.1, 0.15) is 18.2 Å². The number of allylic oxidation sites excluding steroid dienone is 1. The molecule has 2 aromatic carbocycles. The number of ether oxygens (including phenoxy) is 1. The van der Waals surface area contributed by atoms with E-state index in [1.54, 1.807) is 18.2 Å². The zero-order chi connectivity index (χ0) is 20.8. The predicted molar refractivity (Wildman–Crippen MR) is 112 cm³/mol. The van der Waals surface area contributed by atoms with E-state index >= 15 is 0 Å². The van der Waals surface area contributed by atoms with Crippen molar-refractivity contribution in [2.24, 2.45) is 0 Å². The van der Waals surface area contributed by atoms with Crippen LogP contribution >= 0.6 is 11.8 Å². The van der Waals surface area contributed by atoms with Crippen molar-refractivity contribution in [1.29, 1.82) is 0 Å². The Labute approximate surface area is 173 Å². The summed E-state index contributed by atoms with van der Waals surface area (Å²) in [5.41, 5.74) is 2.82. The zero-order valence-electron chi connectivity index (χ0n) is 16.4. The fourth-order valence-corrected chi connectivity index (χ4v) is 3.71. The highest BCUT2D eigenvalue weighted by Gasteiger charge is 2.16. The molecule has 0 N–H and O–H groups in total. The second-order valence-corrected chi connectivity index (χ2v) is 7.51. The van der Waals surface area contributed by atoms with Crippen LogP contribution in [0.15, 0.2) is 60.3 Å². The minimum atomic E-state index is -0.320. The summed E-state index contributed by atoms with van der Waals surface area (Å²) in [5, 5.41) is 9.01. The molecule has 1 heterocycles. The fraction of sp³-hybridized carbons (Fsp3) is 0.227. The van der Waals surface area contributed by atoms with Crippen molar-refractivity contribution >= 4 is 17.5 Å². The number of carbonyl (C=O) groups is 1. The third-order valence-corrected chi connectivity index (χ3v) is 5.27. The minimum Gasteiger partial charge on any atom is -0.486 e. The van der Waals surface area contributed by atoms with Crippen molar-refractivity contribution in [1.82, 2.24) is 14.8 Å². The molecule has 0 bridgehead atoms. The van der Waals surface area contributed by atoms with E-state index in [0.717, 1.165) is 16.7 Å². The number of rotatable bonds is 9. The summed E-state index contributed by atoms with van der Waals surface area (Å²) in [6.45, 7) is 8.39. The molecular formula is C22H22FN3O2S. The molecule has 0 spiro atoms. The van der Waals surface area contributed by atoms with Gasteiger partial charge in [0.15, 0.2) is 16.8 Å². The molecule has 0 aliphatic carbocycles. The molecule has 7 heteroatoms. The van der Waals surface area contributed by atoms with Gasteiger partial charge in [0, 0.05) is 12.1 Å². The second kappa shape index (κ2) is 9.52. The third-order valence-electron chi connectivity index (χ3n) is 4.30.